The first kappa shape index (κ1) is 21.4. The third-order valence-electron chi connectivity index (χ3n) is 5.27. The minimum Gasteiger partial charge on any atom is -0.256 e. The molecule has 0 spiro atoms. The fraction of sp³-hybridized carbons (Fsp3) is 0.217. The first-order valence-electron chi connectivity index (χ1n) is 8.62. The van der Waals surface area contributed by atoms with Gasteiger partial charge in [0.25, 0.3) is 0 Å². The Morgan fingerprint density at radius 3 is 1.85 bits per heavy atom. The SMILES string of the molecule is C[C]1[C](C)[C](C)[C](C)[C]1C.[CH]1[CH][N][C](c2cccc3cccnc23)[CH]1.[Fe+2]. The van der Waals surface area contributed by atoms with Crippen LogP contribution in [0.2, 0.25) is 0 Å². The number of hydrogen-bond acceptors (Lipinski definition) is 1. The van der Waals surface area contributed by atoms with Gasteiger partial charge >= 0.3 is 17.1 Å². The van der Waals surface area contributed by atoms with Crippen LogP contribution in [0.25, 0.3) is 10.9 Å². The van der Waals surface area contributed by atoms with E-state index in [1.54, 1.807) is 6.54 Å². The number of para-hydroxylation sites is 1. The van der Waals surface area contributed by atoms with Crippen molar-refractivity contribution >= 4 is 10.9 Å². The molecule has 2 aromatic rings. The van der Waals surface area contributed by atoms with E-state index >= 15 is 0 Å². The Morgan fingerprint density at radius 1 is 0.731 bits per heavy atom. The molecule has 132 valence electrons. The van der Waals surface area contributed by atoms with Gasteiger partial charge in [0.1, 0.15) is 0 Å². The largest absolute Gasteiger partial charge is 2.00 e. The van der Waals surface area contributed by atoms with Crippen molar-refractivity contribution in [2.24, 2.45) is 0 Å². The Labute approximate surface area is 170 Å². The molecule has 1 aromatic carbocycles. The second-order valence-corrected chi connectivity index (χ2v) is 6.53. The summed E-state index contributed by atoms with van der Waals surface area (Å²) in [5.74, 6) is 7.34. The summed E-state index contributed by atoms with van der Waals surface area (Å²) < 4.78 is 0. The predicted molar refractivity (Wildman–Crippen MR) is 104 cm³/mol. The summed E-state index contributed by atoms with van der Waals surface area (Å²) >= 11 is 0. The molecule has 2 nitrogen and oxygen atoms in total. The number of benzene rings is 1. The maximum absolute atomic E-state index is 4.40. The average molecular weight is 384 g/mol. The Morgan fingerprint density at radius 2 is 1.31 bits per heavy atom. The summed E-state index contributed by atoms with van der Waals surface area (Å²) in [7, 11) is 0. The van der Waals surface area contributed by atoms with Crippen LogP contribution in [0.15, 0.2) is 36.5 Å². The van der Waals surface area contributed by atoms with E-state index in [1.807, 2.05) is 31.2 Å². The molecule has 0 N–H and O–H groups in total. The van der Waals surface area contributed by atoms with Crippen LogP contribution in [-0.2, 0) is 17.1 Å². The van der Waals surface area contributed by atoms with Crippen LogP contribution in [0.1, 0.15) is 40.2 Å². The van der Waals surface area contributed by atoms with Gasteiger partial charge in [0.2, 0.25) is 0 Å². The summed E-state index contributed by atoms with van der Waals surface area (Å²) in [6, 6.07) is 11.2. The van der Waals surface area contributed by atoms with Gasteiger partial charge in [-0.1, -0.05) is 58.9 Å². The summed E-state index contributed by atoms with van der Waals surface area (Å²) in [5, 5.41) is 5.45. The number of fused-ring (bicyclic) bond motifs is 1. The number of pyridine rings is 1. The van der Waals surface area contributed by atoms with Gasteiger partial charge in [0.15, 0.2) is 0 Å². The first-order valence-corrected chi connectivity index (χ1v) is 8.62. The van der Waals surface area contributed by atoms with Crippen molar-refractivity contribution in [3.8, 4) is 0 Å². The molecule has 0 bridgehead atoms. The van der Waals surface area contributed by atoms with Crippen LogP contribution in [0, 0.1) is 55.0 Å². The Kier molecular flexibility index (Phi) is 7.70. The Balaban J connectivity index is 0.000000195. The van der Waals surface area contributed by atoms with Crippen LogP contribution in [-0.4, -0.2) is 4.98 Å². The van der Waals surface area contributed by atoms with E-state index in [1.165, 1.54) is 29.6 Å². The molecule has 26 heavy (non-hydrogen) atoms. The minimum atomic E-state index is 0. The van der Waals surface area contributed by atoms with Crippen molar-refractivity contribution < 1.29 is 17.1 Å². The zero-order valence-corrected chi connectivity index (χ0v) is 17.0. The third-order valence-corrected chi connectivity index (χ3v) is 5.27. The van der Waals surface area contributed by atoms with Crippen molar-refractivity contribution in [3.05, 3.63) is 97.1 Å². The van der Waals surface area contributed by atoms with Gasteiger partial charge in [-0.2, -0.15) is 0 Å². The Hall–Kier alpha value is -0.891. The molecule has 0 atom stereocenters. The van der Waals surface area contributed by atoms with Crippen molar-refractivity contribution in [2.75, 3.05) is 0 Å². The smallest absolute Gasteiger partial charge is 0.256 e. The molecule has 1 aromatic heterocycles. The van der Waals surface area contributed by atoms with Crippen molar-refractivity contribution in [3.63, 3.8) is 0 Å². The van der Waals surface area contributed by atoms with Crippen molar-refractivity contribution in [2.45, 2.75) is 34.6 Å². The van der Waals surface area contributed by atoms with Crippen LogP contribution in [0.3, 0.4) is 0 Å². The van der Waals surface area contributed by atoms with Gasteiger partial charge < -0.3 is 0 Å². The zero-order chi connectivity index (χ0) is 18.0. The van der Waals surface area contributed by atoms with Gasteiger partial charge in [-0.3, -0.25) is 4.98 Å². The standard InChI is InChI=1S/C13H9N2.C10H15.Fe/c1-4-10-5-2-9-15-13(10)11(6-1)12-7-3-8-14-12;1-6-7(2)9(4)10(5)8(6)3;/h1-9H;1-5H3;/q;;+2. The van der Waals surface area contributed by atoms with E-state index in [-0.39, 0.29) is 17.1 Å². The van der Waals surface area contributed by atoms with Crippen molar-refractivity contribution in [1.82, 2.24) is 10.3 Å². The molecule has 1 saturated heterocycles. The normalized spacial score (nSPS) is 21.0. The molecule has 2 fully saturated rings. The van der Waals surface area contributed by atoms with E-state index in [0.29, 0.717) is 0 Å². The van der Waals surface area contributed by atoms with E-state index in [0.717, 1.165) is 22.5 Å². The fourth-order valence-corrected chi connectivity index (χ4v) is 3.18. The second-order valence-electron chi connectivity index (χ2n) is 6.53. The average Bonchev–Trinajstić information content (AvgIpc) is 3.24. The van der Waals surface area contributed by atoms with Crippen LogP contribution >= 0.6 is 0 Å². The molecule has 2 heterocycles. The molecule has 4 rings (SSSR count). The minimum absolute atomic E-state index is 0. The summed E-state index contributed by atoms with van der Waals surface area (Å²) in [5.41, 5.74) is 2.11. The van der Waals surface area contributed by atoms with Crippen LogP contribution < -0.4 is 5.32 Å². The fourth-order valence-electron chi connectivity index (χ4n) is 3.18. The summed E-state index contributed by atoms with van der Waals surface area (Å²) in [6.45, 7) is 12.8. The second kappa shape index (κ2) is 9.35. The van der Waals surface area contributed by atoms with E-state index in [9.17, 15) is 0 Å². The molecule has 10 radical (unpaired) electrons. The molecule has 0 amide bonds. The van der Waals surface area contributed by atoms with Crippen LogP contribution in [0.4, 0.5) is 0 Å². The molecular formula is C23H24FeN2+2. The molecule has 3 heteroatoms. The van der Waals surface area contributed by atoms with Crippen LogP contribution in [0.5, 0.6) is 0 Å². The summed E-state index contributed by atoms with van der Waals surface area (Å²) in [6.07, 6.45) is 5.76. The monoisotopic (exact) mass is 384 g/mol. The molecule has 1 aliphatic heterocycles. The molecule has 2 aliphatic rings. The molecule has 1 saturated carbocycles. The first-order chi connectivity index (χ1) is 12.0. The Bertz CT molecular complexity index is 645. The van der Waals surface area contributed by atoms with Gasteiger partial charge in [0, 0.05) is 23.7 Å². The topological polar surface area (TPSA) is 27.0 Å². The number of hydrogen-bond donors (Lipinski definition) is 0. The van der Waals surface area contributed by atoms with Gasteiger partial charge in [-0.25, -0.2) is 5.32 Å². The van der Waals surface area contributed by atoms with Gasteiger partial charge in [0.05, 0.1) is 11.6 Å². The van der Waals surface area contributed by atoms with E-state index in [2.05, 4.69) is 63.1 Å². The number of rotatable bonds is 1. The third kappa shape index (κ3) is 4.32. The van der Waals surface area contributed by atoms with Gasteiger partial charge in [-0.05, 0) is 48.5 Å². The molecule has 0 unspecified atom stereocenters. The molecule has 1 aliphatic carbocycles. The summed E-state index contributed by atoms with van der Waals surface area (Å²) in [4.78, 5) is 4.40. The quantitative estimate of drug-likeness (QED) is 0.615. The van der Waals surface area contributed by atoms with Gasteiger partial charge in [-0.15, -0.1) is 0 Å². The maximum atomic E-state index is 4.40. The van der Waals surface area contributed by atoms with E-state index < -0.39 is 0 Å². The zero-order valence-electron chi connectivity index (χ0n) is 15.9. The van der Waals surface area contributed by atoms with E-state index in [4.69, 9.17) is 0 Å². The maximum Gasteiger partial charge on any atom is 2.00 e. The number of aromatic nitrogens is 1. The number of nitrogens with zero attached hydrogens (tertiary/aromatic N) is 2. The van der Waals surface area contributed by atoms with Crippen molar-refractivity contribution in [1.29, 1.82) is 0 Å². The molecular weight excluding hydrogens is 360 g/mol. The predicted octanol–water partition coefficient (Wildman–Crippen LogP) is 5.27.